The molecular weight excluding hydrogens is 404 g/mol. The molecule has 4 nitrogen and oxygen atoms in total. The van der Waals surface area contributed by atoms with E-state index in [1.165, 1.54) is 5.01 Å². The maximum atomic E-state index is 12.9. The summed E-state index contributed by atoms with van der Waals surface area (Å²) in [7, 11) is 0. The van der Waals surface area contributed by atoms with Crippen molar-refractivity contribution in [1.29, 1.82) is 0 Å². The number of nitrogens with zero attached hydrogens (tertiary/aromatic N) is 1. The average molecular weight is 424 g/mol. The predicted octanol–water partition coefficient (Wildman–Crippen LogP) is 5.00. The molecule has 2 aromatic rings. The first-order valence-electron chi connectivity index (χ1n) is 7.77. The third kappa shape index (κ3) is 4.61. The van der Waals surface area contributed by atoms with Crippen molar-refractivity contribution in [3.05, 3.63) is 68.7 Å². The lowest BCUT2D eigenvalue weighted by molar-refractivity contribution is 0.0358. The molecular formula is C19H20BrClN2O2. The number of rotatable bonds is 2. The molecule has 0 aromatic heterocycles. The Labute approximate surface area is 161 Å². The second-order valence-electron chi connectivity index (χ2n) is 6.67. The van der Waals surface area contributed by atoms with Gasteiger partial charge in [0.15, 0.2) is 0 Å². The van der Waals surface area contributed by atoms with E-state index in [0.717, 1.165) is 10.0 Å². The van der Waals surface area contributed by atoms with E-state index in [0.29, 0.717) is 16.1 Å². The number of carbonyl (C=O) groups excluding carboxylic acids is 2. The highest BCUT2D eigenvalue weighted by Crippen LogP contribution is 2.21. The second-order valence-corrected chi connectivity index (χ2v) is 7.96. The molecule has 0 heterocycles. The maximum absolute atomic E-state index is 12.9. The van der Waals surface area contributed by atoms with Crippen LogP contribution in [0.2, 0.25) is 5.02 Å². The van der Waals surface area contributed by atoms with Gasteiger partial charge in [0, 0.05) is 20.6 Å². The molecule has 0 saturated carbocycles. The molecule has 0 atom stereocenters. The van der Waals surface area contributed by atoms with E-state index >= 15 is 0 Å². The number of benzene rings is 2. The van der Waals surface area contributed by atoms with Gasteiger partial charge in [0.2, 0.25) is 0 Å². The van der Waals surface area contributed by atoms with Gasteiger partial charge in [0.05, 0.1) is 5.54 Å². The lowest BCUT2D eigenvalue weighted by atomic mass is 10.1. The molecule has 2 aromatic carbocycles. The zero-order chi connectivity index (χ0) is 18.8. The fourth-order valence-corrected chi connectivity index (χ4v) is 2.75. The first-order chi connectivity index (χ1) is 11.6. The van der Waals surface area contributed by atoms with E-state index in [1.54, 1.807) is 36.4 Å². The van der Waals surface area contributed by atoms with Crippen molar-refractivity contribution >= 4 is 39.3 Å². The quantitative estimate of drug-likeness (QED) is 0.691. The van der Waals surface area contributed by atoms with Crippen LogP contribution in [0.5, 0.6) is 0 Å². The summed E-state index contributed by atoms with van der Waals surface area (Å²) in [6.45, 7) is 7.42. The van der Waals surface area contributed by atoms with Crippen LogP contribution in [0, 0.1) is 6.92 Å². The minimum atomic E-state index is -0.605. The first kappa shape index (κ1) is 19.5. The van der Waals surface area contributed by atoms with Crippen molar-refractivity contribution < 1.29 is 9.59 Å². The first-order valence-corrected chi connectivity index (χ1v) is 8.94. The van der Waals surface area contributed by atoms with Crippen molar-refractivity contribution in [3.63, 3.8) is 0 Å². The number of hydrogen-bond donors (Lipinski definition) is 1. The van der Waals surface area contributed by atoms with Gasteiger partial charge < -0.3 is 0 Å². The minimum absolute atomic E-state index is 0.301. The van der Waals surface area contributed by atoms with Crippen molar-refractivity contribution in [2.24, 2.45) is 0 Å². The number of amides is 2. The number of hydrogen-bond acceptors (Lipinski definition) is 2. The summed E-state index contributed by atoms with van der Waals surface area (Å²) < 4.78 is 0.839. The van der Waals surface area contributed by atoms with Crippen LogP contribution in [0.15, 0.2) is 46.9 Å². The van der Waals surface area contributed by atoms with E-state index in [-0.39, 0.29) is 11.8 Å². The Hall–Kier alpha value is -1.85. The molecule has 2 rings (SSSR count). The van der Waals surface area contributed by atoms with Gasteiger partial charge in [0.25, 0.3) is 11.8 Å². The topological polar surface area (TPSA) is 49.4 Å². The Bertz CT molecular complexity index is 798. The van der Waals surface area contributed by atoms with Gasteiger partial charge in [-0.3, -0.25) is 15.0 Å². The molecule has 0 radical (unpaired) electrons. The third-order valence-electron chi connectivity index (χ3n) is 3.69. The van der Waals surface area contributed by atoms with Crippen LogP contribution in [0.25, 0.3) is 0 Å². The standard InChI is InChI=1S/C19H20BrClN2O2/c1-12-15(6-5-7-16(12)20)17(24)22-23(19(2,3)4)18(25)13-8-10-14(21)11-9-13/h5-11H,1-4H3,(H,22,24). The second kappa shape index (κ2) is 7.58. The van der Waals surface area contributed by atoms with Crippen molar-refractivity contribution in [2.45, 2.75) is 33.2 Å². The van der Waals surface area contributed by atoms with Crippen molar-refractivity contribution in [1.82, 2.24) is 10.4 Å². The number of nitrogens with one attached hydrogen (secondary N) is 1. The normalized spacial score (nSPS) is 11.1. The molecule has 0 aliphatic heterocycles. The number of halogens is 2. The van der Waals surface area contributed by atoms with Crippen LogP contribution in [0.1, 0.15) is 47.1 Å². The van der Waals surface area contributed by atoms with E-state index in [2.05, 4.69) is 21.4 Å². The fourth-order valence-electron chi connectivity index (χ4n) is 2.26. The highest BCUT2D eigenvalue weighted by Gasteiger charge is 2.30. The molecule has 25 heavy (non-hydrogen) atoms. The van der Waals surface area contributed by atoms with E-state index in [9.17, 15) is 9.59 Å². The molecule has 2 amide bonds. The minimum Gasteiger partial charge on any atom is -0.267 e. The van der Waals surface area contributed by atoms with Gasteiger partial charge in [-0.25, -0.2) is 5.01 Å². The smallest absolute Gasteiger partial charge is 0.267 e. The predicted molar refractivity (Wildman–Crippen MR) is 104 cm³/mol. The van der Waals surface area contributed by atoms with E-state index < -0.39 is 5.54 Å². The fraction of sp³-hybridized carbons (Fsp3) is 0.263. The summed E-state index contributed by atoms with van der Waals surface area (Å²) in [6, 6.07) is 12.0. The maximum Gasteiger partial charge on any atom is 0.272 e. The zero-order valence-electron chi connectivity index (χ0n) is 14.6. The Morgan fingerprint density at radius 1 is 1.08 bits per heavy atom. The summed E-state index contributed by atoms with van der Waals surface area (Å²) in [4.78, 5) is 25.6. The van der Waals surface area contributed by atoms with Crippen LogP contribution in [0.3, 0.4) is 0 Å². The summed E-state index contributed by atoms with van der Waals surface area (Å²) in [5.41, 5.74) is 3.91. The largest absolute Gasteiger partial charge is 0.272 e. The van der Waals surface area contributed by atoms with Crippen LogP contribution < -0.4 is 5.43 Å². The molecule has 0 saturated heterocycles. The third-order valence-corrected chi connectivity index (χ3v) is 4.80. The summed E-state index contributed by atoms with van der Waals surface area (Å²) in [6.07, 6.45) is 0. The Balaban J connectivity index is 2.32. The average Bonchev–Trinajstić information content (AvgIpc) is 2.54. The monoisotopic (exact) mass is 422 g/mol. The Morgan fingerprint density at radius 2 is 1.68 bits per heavy atom. The molecule has 0 bridgehead atoms. The van der Waals surface area contributed by atoms with Gasteiger partial charge >= 0.3 is 0 Å². The summed E-state index contributed by atoms with van der Waals surface area (Å²) in [5, 5.41) is 1.89. The van der Waals surface area contributed by atoms with Crippen LogP contribution >= 0.6 is 27.5 Å². The number of hydrazine groups is 1. The molecule has 0 aliphatic rings. The highest BCUT2D eigenvalue weighted by atomic mass is 79.9. The zero-order valence-corrected chi connectivity index (χ0v) is 16.9. The summed E-state index contributed by atoms with van der Waals surface area (Å²) >= 11 is 9.30. The van der Waals surface area contributed by atoms with Gasteiger partial charge in [-0.05, 0) is 69.7 Å². The Kier molecular flexibility index (Phi) is 5.91. The van der Waals surface area contributed by atoms with Crippen LogP contribution in [0.4, 0.5) is 0 Å². The van der Waals surface area contributed by atoms with Gasteiger partial charge in [0.1, 0.15) is 0 Å². The Morgan fingerprint density at radius 3 is 2.24 bits per heavy atom. The van der Waals surface area contributed by atoms with Gasteiger partial charge in [-0.1, -0.05) is 33.6 Å². The molecule has 0 aliphatic carbocycles. The van der Waals surface area contributed by atoms with E-state index in [4.69, 9.17) is 11.6 Å². The molecule has 0 spiro atoms. The lowest BCUT2D eigenvalue weighted by Gasteiger charge is -2.35. The number of carbonyl (C=O) groups is 2. The van der Waals surface area contributed by atoms with E-state index in [1.807, 2.05) is 33.8 Å². The molecule has 0 fully saturated rings. The lowest BCUT2D eigenvalue weighted by Crippen LogP contribution is -2.56. The van der Waals surface area contributed by atoms with Gasteiger partial charge in [-0.2, -0.15) is 0 Å². The van der Waals surface area contributed by atoms with Crippen LogP contribution in [-0.2, 0) is 0 Å². The van der Waals surface area contributed by atoms with Crippen LogP contribution in [-0.4, -0.2) is 22.4 Å². The SMILES string of the molecule is Cc1c(Br)cccc1C(=O)NN(C(=O)c1ccc(Cl)cc1)C(C)(C)C. The molecule has 132 valence electrons. The molecule has 1 N–H and O–H groups in total. The highest BCUT2D eigenvalue weighted by molar-refractivity contribution is 9.10. The van der Waals surface area contributed by atoms with Crippen molar-refractivity contribution in [3.8, 4) is 0 Å². The van der Waals surface area contributed by atoms with Crippen molar-refractivity contribution in [2.75, 3.05) is 0 Å². The molecule has 0 unspecified atom stereocenters. The van der Waals surface area contributed by atoms with Gasteiger partial charge in [-0.15, -0.1) is 0 Å². The molecule has 6 heteroatoms. The summed E-state index contributed by atoms with van der Waals surface area (Å²) in [5.74, 6) is -0.638.